The second-order valence-electron chi connectivity index (χ2n) is 20.6. The summed E-state index contributed by atoms with van der Waals surface area (Å²) in [6.07, 6.45) is 35.5. The van der Waals surface area contributed by atoms with Crippen molar-refractivity contribution >= 4 is 52.8 Å². The first kappa shape index (κ1) is 65.4. The van der Waals surface area contributed by atoms with Gasteiger partial charge in [0.2, 0.25) is 11.5 Å². The van der Waals surface area contributed by atoms with E-state index in [2.05, 4.69) is 13.8 Å². The zero-order chi connectivity index (χ0) is 57.9. The molecule has 0 atom stereocenters. The maximum Gasteiger partial charge on any atom is 0.353 e. The Morgan fingerprint density at radius 1 is 0.370 bits per heavy atom. The highest BCUT2D eigenvalue weighted by Crippen LogP contribution is 2.38. The fraction of sp³-hybridized carbons (Fsp3) is 0.485. The maximum absolute atomic E-state index is 13.2. The SMILES string of the molecule is CCCCCCCCCCCCCCCCOc1ccc(C(=O)Oc2ccc(C(=O)Oc3cccc(OC(=O)c4ccc(OC(=O)c5ccc(OCCCCCCCCCCCCCCCC)c(Cl)c5)cc4)c3[N+](=O)[O-])cc2)cc1Cl. The number of nitrogens with zero attached hydrogens (tertiary/aromatic N) is 1. The summed E-state index contributed by atoms with van der Waals surface area (Å²) in [5, 5.41) is 12.8. The lowest BCUT2D eigenvalue weighted by molar-refractivity contribution is -0.386. The molecule has 0 saturated heterocycles. The number of hydrogen-bond acceptors (Lipinski definition) is 12. The third kappa shape index (κ3) is 24.7. The van der Waals surface area contributed by atoms with E-state index < -0.39 is 46.0 Å². The summed E-state index contributed by atoms with van der Waals surface area (Å²) in [6.45, 7) is 5.54. The first-order valence-electron chi connectivity index (χ1n) is 29.7. The van der Waals surface area contributed by atoms with Gasteiger partial charge < -0.3 is 28.4 Å². The van der Waals surface area contributed by atoms with Crippen molar-refractivity contribution < 1.29 is 52.5 Å². The van der Waals surface area contributed by atoms with E-state index in [1.54, 1.807) is 24.3 Å². The number of nitro groups is 1. The first-order chi connectivity index (χ1) is 39.5. The molecule has 0 aliphatic rings. The standard InChI is InChI=1S/C66H83Cl2NO12/c1-3-5-7-9-11-13-15-17-19-21-23-25-27-29-46-76-58-44-38-52(48-56(58)67)65(72)78-54-40-34-50(35-41-54)63(70)80-60-32-31-33-61(62(60)69(74)75)81-64(71)51-36-42-55(43-37-51)79-66(73)53-39-45-59(57(68)49-53)77-47-30-28-26-24-22-20-18-16-14-12-10-8-6-4-2/h31-45,48-49H,3-30,46-47H2,1-2H3. The van der Waals surface area contributed by atoms with Gasteiger partial charge in [-0.1, -0.05) is 210 Å². The highest BCUT2D eigenvalue weighted by Gasteiger charge is 2.27. The number of benzene rings is 5. The second-order valence-corrected chi connectivity index (χ2v) is 21.5. The van der Waals surface area contributed by atoms with Gasteiger partial charge in [0.15, 0.2) is 0 Å². The smallest absolute Gasteiger partial charge is 0.353 e. The van der Waals surface area contributed by atoms with Crippen LogP contribution in [0.1, 0.15) is 235 Å². The van der Waals surface area contributed by atoms with Gasteiger partial charge in [-0.15, -0.1) is 0 Å². The third-order valence-corrected chi connectivity index (χ3v) is 14.6. The number of nitro benzene ring substituents is 1. The molecule has 0 aliphatic heterocycles. The Balaban J connectivity index is 0.999. The number of para-hydroxylation sites is 1. The van der Waals surface area contributed by atoms with E-state index in [1.807, 2.05) is 0 Å². The van der Waals surface area contributed by atoms with Crippen molar-refractivity contribution in [2.45, 2.75) is 194 Å². The van der Waals surface area contributed by atoms with Crippen LogP contribution >= 0.6 is 23.2 Å². The minimum Gasteiger partial charge on any atom is -0.492 e. The highest BCUT2D eigenvalue weighted by atomic mass is 35.5. The Morgan fingerprint density at radius 2 is 0.654 bits per heavy atom. The van der Waals surface area contributed by atoms with Crippen LogP contribution in [-0.4, -0.2) is 42.0 Å². The zero-order valence-electron chi connectivity index (χ0n) is 47.6. The van der Waals surface area contributed by atoms with Crippen LogP contribution in [0.5, 0.6) is 34.5 Å². The predicted octanol–water partition coefficient (Wildman–Crippen LogP) is 19.5. The quantitative estimate of drug-likeness (QED) is 0.0120. The molecule has 13 nitrogen and oxygen atoms in total. The van der Waals surface area contributed by atoms with Crippen molar-refractivity contribution in [3.63, 3.8) is 0 Å². The number of halogens is 2. The van der Waals surface area contributed by atoms with Gasteiger partial charge in [0, 0.05) is 0 Å². The van der Waals surface area contributed by atoms with E-state index in [-0.39, 0.29) is 43.8 Å². The van der Waals surface area contributed by atoms with Crippen molar-refractivity contribution in [3.8, 4) is 34.5 Å². The summed E-state index contributed by atoms with van der Waals surface area (Å²) in [6, 6.07) is 23.8. The van der Waals surface area contributed by atoms with Crippen molar-refractivity contribution in [2.24, 2.45) is 0 Å². The molecule has 0 heterocycles. The van der Waals surface area contributed by atoms with Crippen molar-refractivity contribution in [2.75, 3.05) is 13.2 Å². The number of carbonyl (C=O) groups is 4. The molecule has 5 aromatic rings. The Morgan fingerprint density at radius 3 is 0.951 bits per heavy atom. The van der Waals surface area contributed by atoms with Gasteiger partial charge in [0.05, 0.1) is 50.4 Å². The zero-order valence-corrected chi connectivity index (χ0v) is 49.1. The summed E-state index contributed by atoms with van der Waals surface area (Å²) in [4.78, 5) is 63.9. The summed E-state index contributed by atoms with van der Waals surface area (Å²) < 4.78 is 33.6. The van der Waals surface area contributed by atoms with Crippen LogP contribution in [-0.2, 0) is 0 Å². The number of ether oxygens (including phenoxy) is 6. The molecule has 0 amide bonds. The van der Waals surface area contributed by atoms with Crippen molar-refractivity contribution in [3.05, 3.63) is 146 Å². The van der Waals surface area contributed by atoms with Gasteiger partial charge in [-0.25, -0.2) is 19.2 Å². The minimum absolute atomic E-state index is 0.0182. The molecule has 5 aromatic carbocycles. The average molecular weight is 1150 g/mol. The van der Waals surface area contributed by atoms with Crippen LogP contribution < -0.4 is 28.4 Å². The van der Waals surface area contributed by atoms with Crippen LogP contribution in [0.3, 0.4) is 0 Å². The van der Waals surface area contributed by atoms with Crippen LogP contribution in [0.25, 0.3) is 0 Å². The summed E-state index contributed by atoms with van der Waals surface area (Å²) in [5.41, 5.74) is -0.425. The monoisotopic (exact) mass is 1150 g/mol. The molecule has 0 aliphatic carbocycles. The normalized spacial score (nSPS) is 11.0. The third-order valence-electron chi connectivity index (χ3n) is 14.0. The van der Waals surface area contributed by atoms with E-state index in [0.717, 1.165) is 25.7 Å². The van der Waals surface area contributed by atoms with Gasteiger partial charge in [0.25, 0.3) is 0 Å². The van der Waals surface area contributed by atoms with Crippen LogP contribution in [0.15, 0.2) is 103 Å². The maximum atomic E-state index is 13.2. The molecule has 5 rings (SSSR count). The molecule has 0 fully saturated rings. The topological polar surface area (TPSA) is 167 Å². The number of rotatable bonds is 41. The second kappa shape index (κ2) is 38.3. The summed E-state index contributed by atoms with van der Waals surface area (Å²) in [5.74, 6) is -3.11. The molecular formula is C66H83Cl2NO12. The minimum atomic E-state index is -0.969. The van der Waals surface area contributed by atoms with Gasteiger partial charge in [-0.3, -0.25) is 10.1 Å². The molecule has 15 heteroatoms. The molecular weight excluding hydrogens is 1070 g/mol. The number of esters is 4. The lowest BCUT2D eigenvalue weighted by atomic mass is 10.0. The van der Waals surface area contributed by atoms with Crippen LogP contribution in [0.4, 0.5) is 5.69 Å². The van der Waals surface area contributed by atoms with E-state index in [0.29, 0.717) is 24.7 Å². The van der Waals surface area contributed by atoms with Crippen molar-refractivity contribution in [1.29, 1.82) is 0 Å². The fourth-order valence-electron chi connectivity index (χ4n) is 9.26. The van der Waals surface area contributed by atoms with E-state index in [4.69, 9.17) is 51.6 Å². The lowest BCUT2D eigenvalue weighted by Gasteiger charge is -2.11. The Labute approximate surface area is 489 Å². The molecule has 81 heavy (non-hydrogen) atoms. The number of unbranched alkanes of at least 4 members (excludes halogenated alkanes) is 26. The summed E-state index contributed by atoms with van der Waals surface area (Å²) >= 11 is 12.9. The number of hydrogen-bond donors (Lipinski definition) is 0. The molecule has 0 N–H and O–H groups in total. The van der Waals surface area contributed by atoms with Gasteiger partial charge in [-0.2, -0.15) is 0 Å². The Hall–Kier alpha value is -6.44. The molecule has 0 spiro atoms. The predicted molar refractivity (Wildman–Crippen MR) is 320 cm³/mol. The molecule has 0 unspecified atom stereocenters. The Bertz CT molecular complexity index is 2520. The first-order valence-corrected chi connectivity index (χ1v) is 30.4. The van der Waals surface area contributed by atoms with Gasteiger partial charge in [-0.05, 0) is 110 Å². The van der Waals surface area contributed by atoms with Crippen LogP contribution in [0.2, 0.25) is 10.0 Å². The fourth-order valence-corrected chi connectivity index (χ4v) is 9.73. The van der Waals surface area contributed by atoms with Gasteiger partial charge >= 0.3 is 29.6 Å². The molecule has 0 saturated carbocycles. The van der Waals surface area contributed by atoms with Gasteiger partial charge in [0.1, 0.15) is 23.0 Å². The van der Waals surface area contributed by atoms with Crippen LogP contribution in [0, 0.1) is 10.1 Å². The molecule has 438 valence electrons. The largest absolute Gasteiger partial charge is 0.492 e. The van der Waals surface area contributed by atoms with Crippen molar-refractivity contribution in [1.82, 2.24) is 0 Å². The van der Waals surface area contributed by atoms with E-state index in [1.165, 1.54) is 233 Å². The molecule has 0 radical (unpaired) electrons. The van der Waals surface area contributed by atoms with E-state index >= 15 is 0 Å². The highest BCUT2D eigenvalue weighted by molar-refractivity contribution is 6.32. The Kier molecular flexibility index (Phi) is 30.9. The lowest BCUT2D eigenvalue weighted by Crippen LogP contribution is -2.13. The average Bonchev–Trinajstić information content (AvgIpc) is 3.46. The van der Waals surface area contributed by atoms with E-state index in [9.17, 15) is 29.3 Å². The molecule has 0 bridgehead atoms. The molecule has 0 aromatic heterocycles. The summed E-state index contributed by atoms with van der Waals surface area (Å²) in [7, 11) is 0. The number of carbonyl (C=O) groups excluding carboxylic acids is 4.